The molecule has 0 aromatic heterocycles. The third-order valence-corrected chi connectivity index (χ3v) is 1.79. The number of phenols is 1. The minimum atomic E-state index is -0.947. The third-order valence-electron chi connectivity index (χ3n) is 1.79. The van der Waals surface area contributed by atoms with Gasteiger partial charge in [-0.05, 0) is 23.8 Å². The molecule has 0 radical (unpaired) electrons. The van der Waals surface area contributed by atoms with Gasteiger partial charge in [-0.25, -0.2) is 15.5 Å². The number of aromatic hydroxyl groups is 1. The number of hydrogen-bond donors (Lipinski definition) is 3. The lowest BCUT2D eigenvalue weighted by Crippen LogP contribution is -2.28. The van der Waals surface area contributed by atoms with Crippen LogP contribution in [0.2, 0.25) is 0 Å². The van der Waals surface area contributed by atoms with Crippen LogP contribution in [0.1, 0.15) is 5.56 Å². The molecule has 9 heteroatoms. The van der Waals surface area contributed by atoms with Crippen molar-refractivity contribution in [3.05, 3.63) is 33.9 Å². The summed E-state index contributed by atoms with van der Waals surface area (Å²) in [5.74, 6) is -0.170. The van der Waals surface area contributed by atoms with Gasteiger partial charge in [0.25, 0.3) is 5.96 Å². The van der Waals surface area contributed by atoms with Crippen LogP contribution in [0.4, 0.5) is 0 Å². The third kappa shape index (κ3) is 3.96. The predicted octanol–water partition coefficient (Wildman–Crippen LogP) is -0.169. The maximum Gasteiger partial charge on any atom is 0.286 e. The van der Waals surface area contributed by atoms with Gasteiger partial charge in [-0.15, -0.1) is 0 Å². The quantitative estimate of drug-likeness (QED) is 0.295. The molecule has 0 aliphatic heterocycles. The standard InChI is InChI=1S/C9H11N5O4/c1-18-8-3-2-6(4-7(8)15)5-11-12-9(10)13-14(16)17/h2-5,15H,1H3,(H3,10,12,13). The molecule has 96 valence electrons. The number of nitrogens with zero attached hydrogens (tertiary/aromatic N) is 3. The van der Waals surface area contributed by atoms with E-state index in [2.05, 4.69) is 15.6 Å². The van der Waals surface area contributed by atoms with Crippen molar-refractivity contribution in [2.24, 2.45) is 15.9 Å². The fourth-order valence-electron chi connectivity index (χ4n) is 1.07. The molecule has 0 spiro atoms. The Morgan fingerprint density at radius 3 is 2.94 bits per heavy atom. The first-order valence-electron chi connectivity index (χ1n) is 4.67. The number of hydrazone groups is 2. The SMILES string of the molecule is COc1ccc(C=NNC(N)=N[N+](=O)[O-])cc1O. The molecule has 1 aromatic carbocycles. The molecule has 0 saturated carbocycles. The molecule has 0 aliphatic carbocycles. The van der Waals surface area contributed by atoms with Gasteiger partial charge in [0, 0.05) is 0 Å². The first kappa shape index (κ1) is 13.2. The number of ether oxygens (including phenoxy) is 1. The van der Waals surface area contributed by atoms with E-state index < -0.39 is 11.0 Å². The number of nitrogens with two attached hydrogens (primary N) is 1. The second kappa shape index (κ2) is 6.03. The van der Waals surface area contributed by atoms with E-state index in [1.54, 1.807) is 12.1 Å². The summed E-state index contributed by atoms with van der Waals surface area (Å²) < 4.78 is 4.86. The van der Waals surface area contributed by atoms with Gasteiger partial charge in [0.05, 0.1) is 13.3 Å². The monoisotopic (exact) mass is 253 g/mol. The molecule has 4 N–H and O–H groups in total. The molecule has 0 atom stereocenters. The highest BCUT2D eigenvalue weighted by Crippen LogP contribution is 2.25. The lowest BCUT2D eigenvalue weighted by atomic mass is 10.2. The van der Waals surface area contributed by atoms with E-state index in [4.69, 9.17) is 10.5 Å². The zero-order valence-electron chi connectivity index (χ0n) is 9.40. The minimum absolute atomic E-state index is 0.0478. The number of rotatable bonds is 4. The maximum absolute atomic E-state index is 9.96. The van der Waals surface area contributed by atoms with E-state index in [1.807, 2.05) is 0 Å². The summed E-state index contributed by atoms with van der Waals surface area (Å²) in [4.78, 5) is 9.96. The molecular formula is C9H11N5O4. The molecule has 0 amide bonds. The number of hydrogen-bond acceptors (Lipinski definition) is 5. The van der Waals surface area contributed by atoms with Gasteiger partial charge in [-0.2, -0.15) is 5.10 Å². The van der Waals surface area contributed by atoms with Crippen LogP contribution in [0.25, 0.3) is 0 Å². The van der Waals surface area contributed by atoms with Crippen molar-refractivity contribution in [3.8, 4) is 11.5 Å². The molecule has 0 aliphatic rings. The first-order chi connectivity index (χ1) is 8.52. The minimum Gasteiger partial charge on any atom is -0.504 e. The Morgan fingerprint density at radius 2 is 2.39 bits per heavy atom. The molecule has 9 nitrogen and oxygen atoms in total. The Morgan fingerprint density at radius 1 is 1.67 bits per heavy atom. The second-order valence-corrected chi connectivity index (χ2v) is 3.02. The summed E-state index contributed by atoms with van der Waals surface area (Å²) in [7, 11) is 1.43. The van der Waals surface area contributed by atoms with Gasteiger partial charge in [-0.1, -0.05) is 0 Å². The largest absolute Gasteiger partial charge is 0.504 e. The fraction of sp³-hybridized carbons (Fsp3) is 0.111. The summed E-state index contributed by atoms with van der Waals surface area (Å²) in [6.07, 6.45) is 1.31. The summed E-state index contributed by atoms with van der Waals surface area (Å²) in [5, 5.41) is 24.9. The maximum atomic E-state index is 9.96. The van der Waals surface area contributed by atoms with Gasteiger partial charge in [0.2, 0.25) is 0 Å². The average molecular weight is 253 g/mol. The molecule has 0 bridgehead atoms. The van der Waals surface area contributed by atoms with E-state index in [9.17, 15) is 15.2 Å². The van der Waals surface area contributed by atoms with Crippen molar-refractivity contribution in [1.82, 2.24) is 5.43 Å². The van der Waals surface area contributed by atoms with Crippen molar-refractivity contribution < 1.29 is 14.9 Å². The van der Waals surface area contributed by atoms with E-state index in [-0.39, 0.29) is 5.75 Å². The highest BCUT2D eigenvalue weighted by atomic mass is 16.7. The van der Waals surface area contributed by atoms with Gasteiger partial charge in [-0.3, -0.25) is 0 Å². The smallest absolute Gasteiger partial charge is 0.286 e. The van der Waals surface area contributed by atoms with Crippen molar-refractivity contribution in [2.45, 2.75) is 0 Å². The zero-order chi connectivity index (χ0) is 13.5. The Hall–Kier alpha value is -2.84. The van der Waals surface area contributed by atoms with Gasteiger partial charge < -0.3 is 15.6 Å². The molecule has 1 aromatic rings. The highest BCUT2D eigenvalue weighted by Gasteiger charge is 2.00. The van der Waals surface area contributed by atoms with Crippen molar-refractivity contribution in [2.75, 3.05) is 7.11 Å². The van der Waals surface area contributed by atoms with Crippen LogP contribution >= 0.6 is 0 Å². The molecule has 18 heavy (non-hydrogen) atoms. The van der Waals surface area contributed by atoms with Crippen molar-refractivity contribution in [3.63, 3.8) is 0 Å². The van der Waals surface area contributed by atoms with Gasteiger partial charge >= 0.3 is 0 Å². The molecule has 0 unspecified atom stereocenters. The normalized spacial score (nSPS) is 11.5. The highest BCUT2D eigenvalue weighted by molar-refractivity contribution is 5.83. The van der Waals surface area contributed by atoms with Crippen LogP contribution < -0.4 is 15.9 Å². The van der Waals surface area contributed by atoms with E-state index in [1.165, 1.54) is 19.4 Å². The number of benzene rings is 1. The van der Waals surface area contributed by atoms with Crippen LogP contribution in [-0.4, -0.2) is 29.4 Å². The van der Waals surface area contributed by atoms with E-state index >= 15 is 0 Å². The van der Waals surface area contributed by atoms with Crippen molar-refractivity contribution in [1.29, 1.82) is 0 Å². The number of nitrogens with one attached hydrogen (secondary N) is 1. The Kier molecular flexibility index (Phi) is 4.43. The lowest BCUT2D eigenvalue weighted by molar-refractivity contribution is -0.485. The van der Waals surface area contributed by atoms with E-state index in [0.717, 1.165) is 0 Å². The Labute approximate surface area is 102 Å². The summed E-state index contributed by atoms with van der Waals surface area (Å²) in [6, 6.07) is 4.58. The molecule has 1 rings (SSSR count). The van der Waals surface area contributed by atoms with Gasteiger partial charge in [0.1, 0.15) is 5.10 Å². The van der Waals surface area contributed by atoms with Crippen molar-refractivity contribution >= 4 is 12.2 Å². The summed E-state index contributed by atoms with van der Waals surface area (Å²) in [5.41, 5.74) is 7.83. The first-order valence-corrected chi connectivity index (χ1v) is 4.67. The lowest BCUT2D eigenvalue weighted by Gasteiger charge is -2.02. The van der Waals surface area contributed by atoms with E-state index in [0.29, 0.717) is 11.3 Å². The average Bonchev–Trinajstić information content (AvgIpc) is 2.28. The van der Waals surface area contributed by atoms with Crippen LogP contribution in [0.5, 0.6) is 11.5 Å². The number of methoxy groups -OCH3 is 1. The zero-order valence-corrected chi connectivity index (χ0v) is 9.40. The summed E-state index contributed by atoms with van der Waals surface area (Å²) in [6.45, 7) is 0. The van der Waals surface area contributed by atoms with Crippen LogP contribution in [0.3, 0.4) is 0 Å². The number of phenolic OH excluding ortho intramolecular Hbond substituents is 1. The molecule has 0 heterocycles. The molecule has 0 saturated heterocycles. The number of guanidine groups is 1. The van der Waals surface area contributed by atoms with Gasteiger partial charge in [0.15, 0.2) is 16.5 Å². The van der Waals surface area contributed by atoms with Crippen LogP contribution in [-0.2, 0) is 0 Å². The predicted molar refractivity (Wildman–Crippen MR) is 64.0 cm³/mol. The Balaban J connectivity index is 2.68. The fourth-order valence-corrected chi connectivity index (χ4v) is 1.07. The Bertz CT molecular complexity index is 500. The van der Waals surface area contributed by atoms with Crippen LogP contribution in [0, 0.1) is 10.1 Å². The van der Waals surface area contributed by atoms with Crippen LogP contribution in [0.15, 0.2) is 28.4 Å². The summed E-state index contributed by atoms with van der Waals surface area (Å²) >= 11 is 0. The topological polar surface area (TPSA) is 135 Å². The molecular weight excluding hydrogens is 242 g/mol. The molecule has 0 fully saturated rings. The number of nitro groups is 1. The second-order valence-electron chi connectivity index (χ2n) is 3.02.